The van der Waals surface area contributed by atoms with Crippen molar-refractivity contribution >= 4 is 17.2 Å². The van der Waals surface area contributed by atoms with Gasteiger partial charge in [-0.1, -0.05) is 18.9 Å². The van der Waals surface area contributed by atoms with Crippen LogP contribution in [0.25, 0.3) is 0 Å². The molecule has 4 heterocycles. The summed E-state index contributed by atoms with van der Waals surface area (Å²) >= 11 is 1.76. The number of pyridine rings is 1. The lowest BCUT2D eigenvalue weighted by Gasteiger charge is -2.43. The normalized spacial score (nSPS) is 29.0. The van der Waals surface area contributed by atoms with Gasteiger partial charge in [0.15, 0.2) is 0 Å². The molecule has 5 heteroatoms. The Bertz CT molecular complexity index is 772. The minimum atomic E-state index is -0.258. The van der Waals surface area contributed by atoms with E-state index >= 15 is 0 Å². The van der Waals surface area contributed by atoms with E-state index in [1.807, 2.05) is 12.1 Å². The number of amides is 1. The third-order valence-electron chi connectivity index (χ3n) is 6.72. The summed E-state index contributed by atoms with van der Waals surface area (Å²) in [6, 6.07) is 8.81. The van der Waals surface area contributed by atoms with Crippen LogP contribution in [-0.4, -0.2) is 34.0 Å². The van der Waals surface area contributed by atoms with E-state index in [4.69, 9.17) is 4.74 Å². The summed E-state index contributed by atoms with van der Waals surface area (Å²) in [5.41, 5.74) is -0.258. The molecule has 0 spiro atoms. The summed E-state index contributed by atoms with van der Waals surface area (Å²) in [5, 5.41) is 2.12. The van der Waals surface area contributed by atoms with Gasteiger partial charge in [-0.15, -0.1) is 11.3 Å². The number of ether oxygens (including phenoxy) is 1. The highest BCUT2D eigenvalue weighted by Gasteiger charge is 2.52. The van der Waals surface area contributed by atoms with E-state index in [1.54, 1.807) is 23.7 Å². The van der Waals surface area contributed by atoms with Gasteiger partial charge in [-0.25, -0.2) is 0 Å². The van der Waals surface area contributed by atoms with Crippen molar-refractivity contribution in [1.82, 2.24) is 9.88 Å². The zero-order valence-electron chi connectivity index (χ0n) is 15.5. The average Bonchev–Trinajstić information content (AvgIpc) is 3.42. The molecular formula is C22H26N2O2S. The molecule has 2 aromatic heterocycles. The van der Waals surface area contributed by atoms with Gasteiger partial charge in [0, 0.05) is 36.0 Å². The van der Waals surface area contributed by atoms with Crippen LogP contribution >= 0.6 is 11.3 Å². The van der Waals surface area contributed by atoms with Crippen molar-refractivity contribution in [3.8, 4) is 5.75 Å². The third kappa shape index (κ3) is 2.96. The Morgan fingerprint density at radius 2 is 1.93 bits per heavy atom. The highest BCUT2D eigenvalue weighted by atomic mass is 32.1. The van der Waals surface area contributed by atoms with Crippen molar-refractivity contribution in [1.29, 1.82) is 0 Å². The molecule has 3 fully saturated rings. The number of aromatic nitrogens is 1. The van der Waals surface area contributed by atoms with Gasteiger partial charge in [0.2, 0.25) is 5.91 Å². The Labute approximate surface area is 164 Å². The number of carbonyl (C=O) groups excluding carboxylic acids is 1. The van der Waals surface area contributed by atoms with E-state index < -0.39 is 0 Å². The number of carbonyl (C=O) groups is 1. The SMILES string of the molecule is O=C(N1C2CCC1CC(Oc1cccnc1)C2)C1(c2cccs2)CCCC1. The molecule has 3 aliphatic rings. The minimum Gasteiger partial charge on any atom is -0.489 e. The third-order valence-corrected chi connectivity index (χ3v) is 7.79. The van der Waals surface area contributed by atoms with Crippen molar-refractivity contribution < 1.29 is 9.53 Å². The molecule has 2 aromatic rings. The molecule has 27 heavy (non-hydrogen) atoms. The van der Waals surface area contributed by atoms with Crippen LogP contribution in [0.1, 0.15) is 56.2 Å². The second-order valence-corrected chi connectivity index (χ2v) is 9.21. The van der Waals surface area contributed by atoms with Crippen molar-refractivity contribution in [2.75, 3.05) is 0 Å². The average molecular weight is 383 g/mol. The van der Waals surface area contributed by atoms with Crippen molar-refractivity contribution in [3.05, 3.63) is 46.9 Å². The molecule has 1 amide bonds. The number of hydrogen-bond acceptors (Lipinski definition) is 4. The molecule has 2 bridgehead atoms. The fraction of sp³-hybridized carbons (Fsp3) is 0.545. The van der Waals surface area contributed by atoms with E-state index in [2.05, 4.69) is 27.4 Å². The van der Waals surface area contributed by atoms with E-state index in [-0.39, 0.29) is 11.5 Å². The van der Waals surface area contributed by atoms with Crippen LogP contribution < -0.4 is 4.74 Å². The Balaban J connectivity index is 1.35. The van der Waals surface area contributed by atoms with Crippen molar-refractivity contribution in [3.63, 3.8) is 0 Å². The first-order valence-electron chi connectivity index (χ1n) is 10.2. The van der Waals surface area contributed by atoms with Gasteiger partial charge in [0.25, 0.3) is 0 Å². The Hall–Kier alpha value is -1.88. The largest absolute Gasteiger partial charge is 0.489 e. The predicted molar refractivity (Wildman–Crippen MR) is 106 cm³/mol. The topological polar surface area (TPSA) is 42.4 Å². The maximum absolute atomic E-state index is 13.8. The quantitative estimate of drug-likeness (QED) is 0.779. The zero-order valence-corrected chi connectivity index (χ0v) is 16.4. The number of fused-ring (bicyclic) bond motifs is 2. The summed E-state index contributed by atoms with van der Waals surface area (Å²) in [5.74, 6) is 1.24. The molecule has 2 aliphatic heterocycles. The fourth-order valence-electron chi connectivity index (χ4n) is 5.51. The van der Waals surface area contributed by atoms with Crippen LogP contribution in [-0.2, 0) is 10.2 Å². The summed E-state index contributed by atoms with van der Waals surface area (Å²) < 4.78 is 6.19. The molecule has 2 atom stereocenters. The monoisotopic (exact) mass is 382 g/mol. The molecule has 4 nitrogen and oxygen atoms in total. The lowest BCUT2D eigenvalue weighted by Crippen LogP contribution is -2.55. The highest BCUT2D eigenvalue weighted by molar-refractivity contribution is 7.10. The number of hydrogen-bond donors (Lipinski definition) is 0. The minimum absolute atomic E-state index is 0.192. The summed E-state index contributed by atoms with van der Waals surface area (Å²) in [7, 11) is 0. The van der Waals surface area contributed by atoms with Crippen LogP contribution in [0.15, 0.2) is 42.0 Å². The van der Waals surface area contributed by atoms with E-state index in [0.717, 1.165) is 44.3 Å². The van der Waals surface area contributed by atoms with Gasteiger partial charge in [0.1, 0.15) is 11.9 Å². The zero-order chi connectivity index (χ0) is 18.3. The lowest BCUT2D eigenvalue weighted by atomic mass is 9.81. The van der Waals surface area contributed by atoms with Crippen LogP contribution in [0, 0.1) is 0 Å². The van der Waals surface area contributed by atoms with Gasteiger partial charge in [-0.2, -0.15) is 0 Å². The fourth-order valence-corrected chi connectivity index (χ4v) is 6.48. The summed E-state index contributed by atoms with van der Waals surface area (Å²) in [6.07, 6.45) is 12.2. The molecule has 1 saturated carbocycles. The lowest BCUT2D eigenvalue weighted by molar-refractivity contribution is -0.143. The second kappa shape index (κ2) is 6.93. The van der Waals surface area contributed by atoms with Crippen LogP contribution in [0.3, 0.4) is 0 Å². The molecule has 0 aromatic carbocycles. The molecular weight excluding hydrogens is 356 g/mol. The van der Waals surface area contributed by atoms with Crippen molar-refractivity contribution in [2.24, 2.45) is 0 Å². The molecule has 2 saturated heterocycles. The van der Waals surface area contributed by atoms with E-state index in [1.165, 1.54) is 17.7 Å². The second-order valence-electron chi connectivity index (χ2n) is 8.26. The van der Waals surface area contributed by atoms with Crippen LogP contribution in [0.4, 0.5) is 0 Å². The van der Waals surface area contributed by atoms with Crippen LogP contribution in [0.5, 0.6) is 5.75 Å². The van der Waals surface area contributed by atoms with E-state index in [9.17, 15) is 4.79 Å². The maximum atomic E-state index is 13.8. The van der Waals surface area contributed by atoms with Gasteiger partial charge in [-0.05, 0) is 49.3 Å². The maximum Gasteiger partial charge on any atom is 0.234 e. The Kier molecular flexibility index (Phi) is 4.43. The number of piperidine rings is 1. The highest BCUT2D eigenvalue weighted by Crippen LogP contribution is 2.48. The molecule has 142 valence electrons. The molecule has 0 N–H and O–H groups in total. The van der Waals surface area contributed by atoms with E-state index in [0.29, 0.717) is 18.0 Å². The first-order valence-corrected chi connectivity index (χ1v) is 11.1. The molecule has 2 unspecified atom stereocenters. The van der Waals surface area contributed by atoms with Crippen molar-refractivity contribution in [2.45, 2.75) is 75.0 Å². The molecule has 5 rings (SSSR count). The smallest absolute Gasteiger partial charge is 0.234 e. The van der Waals surface area contributed by atoms with Gasteiger partial charge in [0.05, 0.1) is 11.6 Å². The Morgan fingerprint density at radius 3 is 2.56 bits per heavy atom. The first-order chi connectivity index (χ1) is 13.3. The Morgan fingerprint density at radius 1 is 1.15 bits per heavy atom. The summed E-state index contributed by atoms with van der Waals surface area (Å²) in [6.45, 7) is 0. The van der Waals surface area contributed by atoms with Crippen LogP contribution in [0.2, 0.25) is 0 Å². The standard InChI is InChI=1S/C22H26N2O2S/c25-21(22(9-1-2-10-22)20-6-4-12-27-20)24-16-7-8-17(24)14-19(13-16)26-18-5-3-11-23-15-18/h3-6,11-12,15-17,19H,1-2,7-10,13-14H2. The molecule has 0 radical (unpaired) electrons. The van der Waals surface area contributed by atoms with Gasteiger partial charge < -0.3 is 9.64 Å². The number of thiophene rings is 1. The number of rotatable bonds is 4. The molecule has 1 aliphatic carbocycles. The first kappa shape index (κ1) is 17.2. The van der Waals surface area contributed by atoms with Gasteiger partial charge in [-0.3, -0.25) is 9.78 Å². The van der Waals surface area contributed by atoms with Gasteiger partial charge >= 0.3 is 0 Å². The summed E-state index contributed by atoms with van der Waals surface area (Å²) in [4.78, 5) is 21.5. The number of nitrogens with zero attached hydrogens (tertiary/aromatic N) is 2. The predicted octanol–water partition coefficient (Wildman–Crippen LogP) is 4.56.